The molecule has 0 aliphatic heterocycles. The second kappa shape index (κ2) is 8.72. The molecule has 4 heteroatoms. The molecule has 128 valence electrons. The molecule has 2 rings (SSSR count). The lowest BCUT2D eigenvalue weighted by Crippen LogP contribution is -2.26. The lowest BCUT2D eigenvalue weighted by Gasteiger charge is -2.30. The molecular formula is C19H27BrO3. The Bertz CT molecular complexity index is 521. The van der Waals surface area contributed by atoms with E-state index in [1.807, 2.05) is 32.0 Å². The van der Waals surface area contributed by atoms with Gasteiger partial charge in [0.15, 0.2) is 0 Å². The van der Waals surface area contributed by atoms with Crippen LogP contribution in [-0.4, -0.2) is 18.7 Å². The molecule has 0 spiro atoms. The molecule has 3 nitrogen and oxygen atoms in total. The topological polar surface area (TPSA) is 35.5 Å². The summed E-state index contributed by atoms with van der Waals surface area (Å²) in [6.07, 6.45) is 5.60. The fourth-order valence-corrected chi connectivity index (χ4v) is 3.61. The fraction of sp³-hybridized carbons (Fsp3) is 0.632. The summed E-state index contributed by atoms with van der Waals surface area (Å²) in [5.74, 6) is 1.53. The highest BCUT2D eigenvalue weighted by Gasteiger charge is 2.26. The first kappa shape index (κ1) is 18.3. The van der Waals surface area contributed by atoms with E-state index >= 15 is 0 Å². The van der Waals surface area contributed by atoms with E-state index in [9.17, 15) is 4.79 Å². The van der Waals surface area contributed by atoms with Gasteiger partial charge >= 0.3 is 5.97 Å². The van der Waals surface area contributed by atoms with Crippen LogP contribution in [0.1, 0.15) is 51.5 Å². The molecule has 23 heavy (non-hydrogen) atoms. The number of esters is 1. The number of hydrogen-bond donors (Lipinski definition) is 0. The van der Waals surface area contributed by atoms with Gasteiger partial charge in [-0.25, -0.2) is 0 Å². The quantitative estimate of drug-likeness (QED) is 0.627. The van der Waals surface area contributed by atoms with Crippen LogP contribution in [0.2, 0.25) is 0 Å². The van der Waals surface area contributed by atoms with Crippen LogP contribution in [0.15, 0.2) is 22.7 Å². The Labute approximate surface area is 147 Å². The molecule has 1 unspecified atom stereocenters. The van der Waals surface area contributed by atoms with Gasteiger partial charge in [-0.3, -0.25) is 4.79 Å². The molecule has 1 saturated carbocycles. The van der Waals surface area contributed by atoms with Crippen molar-refractivity contribution in [2.45, 2.75) is 59.0 Å². The Balaban J connectivity index is 1.80. The van der Waals surface area contributed by atoms with Crippen LogP contribution in [0.4, 0.5) is 0 Å². The number of carbonyl (C=O) groups excluding carboxylic acids is 1. The number of ether oxygens (including phenoxy) is 2. The van der Waals surface area contributed by atoms with Crippen LogP contribution in [0.3, 0.4) is 0 Å². The van der Waals surface area contributed by atoms with E-state index in [1.165, 1.54) is 0 Å². The fourth-order valence-electron chi connectivity index (χ4n) is 3.26. The standard InChI is InChI=1S/C19H27BrO3/c1-4-22-19(21)13(2)12-15-8-10-16(11-9-15)23-18-7-5-6-17(20)14(18)3/h5-7,13,15-16H,4,8-12H2,1-3H3. The minimum Gasteiger partial charge on any atom is -0.490 e. The predicted octanol–water partition coefficient (Wildman–Crippen LogP) is 5.28. The second-order valence-electron chi connectivity index (χ2n) is 6.51. The molecule has 0 aromatic heterocycles. The zero-order valence-corrected chi connectivity index (χ0v) is 15.9. The van der Waals surface area contributed by atoms with Gasteiger partial charge in [0.05, 0.1) is 18.6 Å². The van der Waals surface area contributed by atoms with E-state index in [1.54, 1.807) is 0 Å². The number of halogens is 1. The summed E-state index contributed by atoms with van der Waals surface area (Å²) in [5, 5.41) is 0. The molecule has 0 amide bonds. The second-order valence-corrected chi connectivity index (χ2v) is 7.37. The minimum atomic E-state index is -0.0596. The number of hydrogen-bond acceptors (Lipinski definition) is 3. The lowest BCUT2D eigenvalue weighted by molar-refractivity contribution is -0.148. The zero-order valence-electron chi connectivity index (χ0n) is 14.3. The average Bonchev–Trinajstić information content (AvgIpc) is 2.54. The van der Waals surface area contributed by atoms with E-state index in [4.69, 9.17) is 9.47 Å². The first-order valence-electron chi connectivity index (χ1n) is 8.59. The molecule has 1 aliphatic rings. The van der Waals surface area contributed by atoms with Crippen LogP contribution < -0.4 is 4.74 Å². The van der Waals surface area contributed by atoms with Crippen LogP contribution in [0, 0.1) is 18.8 Å². The highest BCUT2D eigenvalue weighted by molar-refractivity contribution is 9.10. The third kappa shape index (κ3) is 5.23. The van der Waals surface area contributed by atoms with E-state index in [0.29, 0.717) is 12.5 Å². The van der Waals surface area contributed by atoms with Gasteiger partial charge in [0, 0.05) is 10.0 Å². The number of carbonyl (C=O) groups is 1. The normalized spacial score (nSPS) is 22.4. The van der Waals surface area contributed by atoms with Gasteiger partial charge in [0.2, 0.25) is 0 Å². The summed E-state index contributed by atoms with van der Waals surface area (Å²) in [5.41, 5.74) is 1.16. The van der Waals surface area contributed by atoms with Crippen LogP contribution in [-0.2, 0) is 9.53 Å². The smallest absolute Gasteiger partial charge is 0.308 e. The Kier molecular flexibility index (Phi) is 6.94. The molecule has 1 atom stereocenters. The largest absolute Gasteiger partial charge is 0.490 e. The Morgan fingerprint density at radius 3 is 2.65 bits per heavy atom. The molecule has 1 aromatic carbocycles. The zero-order chi connectivity index (χ0) is 16.8. The summed E-state index contributed by atoms with van der Waals surface area (Å²) >= 11 is 3.55. The molecule has 0 N–H and O–H groups in total. The van der Waals surface area contributed by atoms with Gasteiger partial charge in [-0.2, -0.15) is 0 Å². The van der Waals surface area contributed by atoms with Crippen molar-refractivity contribution < 1.29 is 14.3 Å². The molecule has 1 aromatic rings. The molecule has 0 radical (unpaired) electrons. The van der Waals surface area contributed by atoms with Gasteiger partial charge in [0.1, 0.15) is 5.75 Å². The highest BCUT2D eigenvalue weighted by atomic mass is 79.9. The highest BCUT2D eigenvalue weighted by Crippen LogP contribution is 2.33. The van der Waals surface area contributed by atoms with Crippen LogP contribution in [0.25, 0.3) is 0 Å². The van der Waals surface area contributed by atoms with Gasteiger partial charge in [-0.15, -0.1) is 0 Å². The summed E-state index contributed by atoms with van der Waals surface area (Å²) < 4.78 is 12.4. The van der Waals surface area contributed by atoms with Crippen molar-refractivity contribution in [3.8, 4) is 5.75 Å². The molecule has 0 heterocycles. The van der Waals surface area contributed by atoms with Gasteiger partial charge in [-0.1, -0.05) is 28.9 Å². The number of benzene rings is 1. The Morgan fingerprint density at radius 1 is 1.30 bits per heavy atom. The molecule has 0 saturated heterocycles. The SMILES string of the molecule is CCOC(=O)C(C)CC1CCC(Oc2cccc(Br)c2C)CC1. The molecule has 1 fully saturated rings. The van der Waals surface area contributed by atoms with Crippen molar-refractivity contribution in [2.75, 3.05) is 6.61 Å². The van der Waals surface area contributed by atoms with Crippen molar-refractivity contribution >= 4 is 21.9 Å². The summed E-state index contributed by atoms with van der Waals surface area (Å²) in [7, 11) is 0. The minimum absolute atomic E-state index is 0.00439. The molecule has 1 aliphatic carbocycles. The van der Waals surface area contributed by atoms with Gasteiger partial charge in [0.25, 0.3) is 0 Å². The third-order valence-electron chi connectivity index (χ3n) is 4.68. The van der Waals surface area contributed by atoms with Crippen LogP contribution >= 0.6 is 15.9 Å². The van der Waals surface area contributed by atoms with E-state index in [0.717, 1.165) is 47.9 Å². The van der Waals surface area contributed by atoms with Crippen molar-refractivity contribution in [3.63, 3.8) is 0 Å². The van der Waals surface area contributed by atoms with Crippen molar-refractivity contribution in [1.29, 1.82) is 0 Å². The van der Waals surface area contributed by atoms with Crippen LogP contribution in [0.5, 0.6) is 5.75 Å². The maximum atomic E-state index is 11.7. The molecular weight excluding hydrogens is 356 g/mol. The van der Waals surface area contributed by atoms with Crippen molar-refractivity contribution in [2.24, 2.45) is 11.8 Å². The third-order valence-corrected chi connectivity index (χ3v) is 5.54. The number of rotatable bonds is 6. The lowest BCUT2D eigenvalue weighted by atomic mass is 9.82. The first-order valence-corrected chi connectivity index (χ1v) is 9.39. The van der Waals surface area contributed by atoms with Crippen molar-refractivity contribution in [1.82, 2.24) is 0 Å². The Morgan fingerprint density at radius 2 is 2.00 bits per heavy atom. The maximum absolute atomic E-state index is 11.7. The monoisotopic (exact) mass is 382 g/mol. The summed E-state index contributed by atoms with van der Waals surface area (Å²) in [6.45, 7) is 6.38. The predicted molar refractivity (Wildman–Crippen MR) is 95.7 cm³/mol. The first-order chi connectivity index (χ1) is 11.0. The van der Waals surface area contributed by atoms with E-state index in [2.05, 4.69) is 22.9 Å². The average molecular weight is 383 g/mol. The summed E-state index contributed by atoms with van der Waals surface area (Å²) in [4.78, 5) is 11.7. The summed E-state index contributed by atoms with van der Waals surface area (Å²) in [6, 6.07) is 6.09. The maximum Gasteiger partial charge on any atom is 0.308 e. The van der Waals surface area contributed by atoms with Crippen molar-refractivity contribution in [3.05, 3.63) is 28.2 Å². The van der Waals surface area contributed by atoms with Gasteiger partial charge < -0.3 is 9.47 Å². The Hall–Kier alpha value is -1.03. The van der Waals surface area contributed by atoms with Gasteiger partial charge in [-0.05, 0) is 64.0 Å². The molecule has 0 bridgehead atoms. The van der Waals surface area contributed by atoms with E-state index in [-0.39, 0.29) is 18.0 Å². The van der Waals surface area contributed by atoms with E-state index < -0.39 is 0 Å².